The van der Waals surface area contributed by atoms with Crippen LogP contribution in [0.25, 0.3) is 0 Å². The summed E-state index contributed by atoms with van der Waals surface area (Å²) in [6, 6.07) is 9.08. The van der Waals surface area contributed by atoms with Crippen LogP contribution in [0.1, 0.15) is 11.6 Å². The smallest absolute Gasteiger partial charge is 0.0760 e. The van der Waals surface area contributed by atoms with E-state index in [1.54, 1.807) is 24.5 Å². The number of rotatable bonds is 4. The average molecular weight is 328 g/mol. The molecular formula is C13H12BrClN2O. The van der Waals surface area contributed by atoms with E-state index in [0.717, 1.165) is 15.7 Å². The summed E-state index contributed by atoms with van der Waals surface area (Å²) < 4.78 is 0.886. The van der Waals surface area contributed by atoms with E-state index in [1.807, 2.05) is 18.2 Å². The Balaban J connectivity index is 2.17. The third-order valence-corrected chi connectivity index (χ3v) is 3.18. The number of anilines is 1. The molecule has 1 heterocycles. The van der Waals surface area contributed by atoms with Gasteiger partial charge in [-0.05, 0) is 51.8 Å². The maximum atomic E-state index is 9.45. The number of nitrogens with zero attached hydrogens (tertiary/aromatic N) is 1. The van der Waals surface area contributed by atoms with E-state index in [-0.39, 0.29) is 12.6 Å². The molecule has 18 heavy (non-hydrogen) atoms. The van der Waals surface area contributed by atoms with Gasteiger partial charge in [0.2, 0.25) is 0 Å². The molecule has 1 unspecified atom stereocenters. The normalized spacial score (nSPS) is 12.2. The molecule has 0 aliphatic rings. The number of benzene rings is 1. The molecule has 0 spiro atoms. The quantitative estimate of drug-likeness (QED) is 0.901. The monoisotopic (exact) mass is 326 g/mol. The largest absolute Gasteiger partial charge is 0.394 e. The second kappa shape index (κ2) is 6.18. The highest BCUT2D eigenvalue weighted by molar-refractivity contribution is 9.10. The van der Waals surface area contributed by atoms with Gasteiger partial charge < -0.3 is 10.4 Å². The number of aliphatic hydroxyl groups is 1. The van der Waals surface area contributed by atoms with Crippen molar-refractivity contribution in [2.24, 2.45) is 0 Å². The van der Waals surface area contributed by atoms with Gasteiger partial charge >= 0.3 is 0 Å². The fourth-order valence-electron chi connectivity index (χ4n) is 1.60. The summed E-state index contributed by atoms with van der Waals surface area (Å²) in [7, 11) is 0. The first kappa shape index (κ1) is 13.3. The van der Waals surface area contributed by atoms with Gasteiger partial charge in [-0.15, -0.1) is 0 Å². The van der Waals surface area contributed by atoms with Crippen LogP contribution in [0, 0.1) is 0 Å². The highest BCUT2D eigenvalue weighted by Gasteiger charge is 2.10. The molecule has 5 heteroatoms. The lowest BCUT2D eigenvalue weighted by molar-refractivity contribution is 0.276. The van der Waals surface area contributed by atoms with Gasteiger partial charge in [0.05, 0.1) is 12.6 Å². The fourth-order valence-corrected chi connectivity index (χ4v) is 2.11. The second-order valence-electron chi connectivity index (χ2n) is 3.82. The van der Waals surface area contributed by atoms with Crippen LogP contribution in [0.5, 0.6) is 0 Å². The van der Waals surface area contributed by atoms with Gasteiger partial charge in [0.15, 0.2) is 0 Å². The highest BCUT2D eigenvalue weighted by Crippen LogP contribution is 2.22. The van der Waals surface area contributed by atoms with E-state index in [9.17, 15) is 5.11 Å². The Labute approximate surface area is 119 Å². The van der Waals surface area contributed by atoms with Crippen LogP contribution >= 0.6 is 27.5 Å². The lowest BCUT2D eigenvalue weighted by atomic mass is 10.1. The average Bonchev–Trinajstić information content (AvgIpc) is 2.38. The molecule has 3 nitrogen and oxygen atoms in total. The van der Waals surface area contributed by atoms with Crippen LogP contribution in [-0.2, 0) is 0 Å². The summed E-state index contributed by atoms with van der Waals surface area (Å²) in [5.41, 5.74) is 1.82. The Morgan fingerprint density at radius 3 is 2.61 bits per heavy atom. The number of hydrogen-bond acceptors (Lipinski definition) is 3. The van der Waals surface area contributed by atoms with E-state index >= 15 is 0 Å². The molecule has 0 saturated carbocycles. The lowest BCUT2D eigenvalue weighted by Gasteiger charge is -2.18. The van der Waals surface area contributed by atoms with Crippen molar-refractivity contribution in [3.05, 3.63) is 57.8 Å². The fraction of sp³-hybridized carbons (Fsp3) is 0.154. The van der Waals surface area contributed by atoms with Crippen LogP contribution in [0.4, 0.5) is 5.69 Å². The number of nitrogens with one attached hydrogen (secondary N) is 1. The molecule has 0 aliphatic carbocycles. The molecule has 0 aliphatic heterocycles. The first-order valence-electron chi connectivity index (χ1n) is 5.42. The zero-order valence-corrected chi connectivity index (χ0v) is 11.8. The van der Waals surface area contributed by atoms with Gasteiger partial charge in [0.25, 0.3) is 0 Å². The maximum Gasteiger partial charge on any atom is 0.0760 e. The zero-order valence-electron chi connectivity index (χ0n) is 9.48. The minimum Gasteiger partial charge on any atom is -0.394 e. The zero-order chi connectivity index (χ0) is 13.0. The molecular weight excluding hydrogens is 316 g/mol. The van der Waals surface area contributed by atoms with Crippen molar-refractivity contribution in [3.8, 4) is 0 Å². The van der Waals surface area contributed by atoms with E-state index in [1.165, 1.54) is 0 Å². The minimum atomic E-state index is -0.198. The first-order valence-corrected chi connectivity index (χ1v) is 6.59. The first-order chi connectivity index (χ1) is 8.69. The van der Waals surface area contributed by atoms with Crippen molar-refractivity contribution >= 4 is 33.2 Å². The van der Waals surface area contributed by atoms with Crippen LogP contribution in [-0.4, -0.2) is 16.7 Å². The van der Waals surface area contributed by atoms with Gasteiger partial charge in [-0.2, -0.15) is 0 Å². The number of aromatic nitrogens is 1. The van der Waals surface area contributed by atoms with Gasteiger partial charge in [-0.25, -0.2) is 0 Å². The van der Waals surface area contributed by atoms with Gasteiger partial charge in [0, 0.05) is 27.6 Å². The van der Waals surface area contributed by atoms with E-state index < -0.39 is 0 Å². The highest BCUT2D eigenvalue weighted by atomic mass is 79.9. The molecule has 2 rings (SSSR count). The van der Waals surface area contributed by atoms with Gasteiger partial charge in [-0.3, -0.25) is 4.98 Å². The van der Waals surface area contributed by atoms with Gasteiger partial charge in [0.1, 0.15) is 0 Å². The Hall–Kier alpha value is -1.10. The number of aliphatic hydroxyl groups excluding tert-OH is 1. The number of hydrogen-bond donors (Lipinski definition) is 2. The summed E-state index contributed by atoms with van der Waals surface area (Å²) >= 11 is 9.19. The SMILES string of the molecule is OCC(Nc1ccc(Cl)cc1)c1cncc(Br)c1. The molecule has 1 aromatic carbocycles. The van der Waals surface area contributed by atoms with Crippen molar-refractivity contribution < 1.29 is 5.11 Å². The second-order valence-corrected chi connectivity index (χ2v) is 5.17. The molecule has 94 valence electrons. The molecule has 0 fully saturated rings. The van der Waals surface area contributed by atoms with Crippen LogP contribution in [0.15, 0.2) is 47.2 Å². The Morgan fingerprint density at radius 2 is 2.00 bits per heavy atom. The predicted octanol–water partition coefficient (Wildman–Crippen LogP) is 3.64. The molecule has 2 N–H and O–H groups in total. The molecule has 0 radical (unpaired) electrons. The molecule has 1 aromatic heterocycles. The number of pyridine rings is 1. The van der Waals surface area contributed by atoms with E-state index in [2.05, 4.69) is 26.2 Å². The summed E-state index contributed by atoms with van der Waals surface area (Å²) in [6.07, 6.45) is 3.44. The Kier molecular flexibility index (Phi) is 4.58. The third-order valence-electron chi connectivity index (χ3n) is 2.50. The summed E-state index contributed by atoms with van der Waals surface area (Å²) in [4.78, 5) is 4.09. The standard InChI is InChI=1S/C13H12BrClN2O/c14-10-5-9(6-16-7-10)13(8-18)17-12-3-1-11(15)2-4-12/h1-7,13,17-18H,8H2. The summed E-state index contributed by atoms with van der Waals surface area (Å²) in [5, 5.41) is 13.4. The van der Waals surface area contributed by atoms with Crippen LogP contribution < -0.4 is 5.32 Å². The molecule has 2 aromatic rings. The third kappa shape index (κ3) is 3.45. The molecule has 0 bridgehead atoms. The lowest BCUT2D eigenvalue weighted by Crippen LogP contribution is -2.15. The Morgan fingerprint density at radius 1 is 1.28 bits per heavy atom. The minimum absolute atomic E-state index is 0.0131. The number of halogens is 2. The van der Waals surface area contributed by atoms with Crippen LogP contribution in [0.2, 0.25) is 5.02 Å². The van der Waals surface area contributed by atoms with Crippen molar-refractivity contribution in [2.75, 3.05) is 11.9 Å². The van der Waals surface area contributed by atoms with Crippen LogP contribution in [0.3, 0.4) is 0 Å². The topological polar surface area (TPSA) is 45.1 Å². The summed E-state index contributed by atoms with van der Waals surface area (Å²) in [6.45, 7) is -0.0131. The van der Waals surface area contributed by atoms with Gasteiger partial charge in [-0.1, -0.05) is 11.6 Å². The molecule has 0 saturated heterocycles. The van der Waals surface area contributed by atoms with Crippen molar-refractivity contribution in [1.82, 2.24) is 4.98 Å². The Bertz CT molecular complexity index is 519. The van der Waals surface area contributed by atoms with Crippen molar-refractivity contribution in [2.45, 2.75) is 6.04 Å². The summed E-state index contributed by atoms with van der Waals surface area (Å²) in [5.74, 6) is 0. The van der Waals surface area contributed by atoms with E-state index in [0.29, 0.717) is 5.02 Å². The molecule has 0 amide bonds. The predicted molar refractivity (Wildman–Crippen MR) is 76.8 cm³/mol. The van der Waals surface area contributed by atoms with Crippen molar-refractivity contribution in [3.63, 3.8) is 0 Å². The van der Waals surface area contributed by atoms with Crippen molar-refractivity contribution in [1.29, 1.82) is 0 Å². The maximum absolute atomic E-state index is 9.45. The van der Waals surface area contributed by atoms with E-state index in [4.69, 9.17) is 11.6 Å². The molecule has 1 atom stereocenters.